The van der Waals surface area contributed by atoms with Crippen molar-refractivity contribution in [3.8, 4) is 17.3 Å². The predicted octanol–water partition coefficient (Wildman–Crippen LogP) is 5.12. The van der Waals surface area contributed by atoms with Crippen molar-refractivity contribution in [3.63, 3.8) is 0 Å². The highest BCUT2D eigenvalue weighted by Gasteiger charge is 2.32. The molecule has 33 heavy (non-hydrogen) atoms. The number of nitriles is 1. The number of nitrogens with one attached hydrogen (secondary N) is 1. The number of aromatic nitrogens is 2. The van der Waals surface area contributed by atoms with Crippen LogP contribution in [0.25, 0.3) is 11.3 Å². The van der Waals surface area contributed by atoms with Gasteiger partial charge in [-0.1, -0.05) is 25.1 Å². The molecule has 1 aliphatic rings. The zero-order chi connectivity index (χ0) is 23.5. The number of H-pyrrole nitrogens is 1. The van der Waals surface area contributed by atoms with Crippen LogP contribution in [0.2, 0.25) is 0 Å². The molecular formula is C27H30N4O2. The van der Waals surface area contributed by atoms with Crippen LogP contribution in [-0.4, -0.2) is 40.0 Å². The molecule has 1 fully saturated rings. The van der Waals surface area contributed by atoms with Crippen LogP contribution in [0.1, 0.15) is 64.8 Å². The number of imidazole rings is 1. The predicted molar refractivity (Wildman–Crippen MR) is 128 cm³/mol. The number of aryl methyl sites for hydroxylation is 2. The first-order chi connectivity index (χ1) is 15.9. The summed E-state index contributed by atoms with van der Waals surface area (Å²) in [6.07, 6.45) is 1.12. The van der Waals surface area contributed by atoms with Gasteiger partial charge in [0.15, 0.2) is 0 Å². The molecule has 0 bridgehead atoms. The molecule has 0 saturated carbocycles. The van der Waals surface area contributed by atoms with Crippen molar-refractivity contribution >= 4 is 5.91 Å². The van der Waals surface area contributed by atoms with Crippen LogP contribution in [0.3, 0.4) is 0 Å². The van der Waals surface area contributed by atoms with E-state index in [1.54, 1.807) is 0 Å². The van der Waals surface area contributed by atoms with Crippen LogP contribution in [0.4, 0.5) is 0 Å². The van der Waals surface area contributed by atoms with E-state index in [1.807, 2.05) is 61.2 Å². The molecule has 0 spiro atoms. The normalized spacial score (nSPS) is 14.6. The molecule has 1 N–H and O–H groups in total. The van der Waals surface area contributed by atoms with E-state index in [2.05, 4.69) is 24.9 Å². The van der Waals surface area contributed by atoms with E-state index in [9.17, 15) is 4.79 Å². The summed E-state index contributed by atoms with van der Waals surface area (Å²) in [5, 5.41) is 8.97. The van der Waals surface area contributed by atoms with E-state index >= 15 is 0 Å². The lowest BCUT2D eigenvalue weighted by Crippen LogP contribution is -2.48. The molecule has 2 heterocycles. The van der Waals surface area contributed by atoms with Gasteiger partial charge in [-0.25, -0.2) is 4.98 Å². The van der Waals surface area contributed by atoms with Crippen molar-refractivity contribution in [2.24, 2.45) is 0 Å². The van der Waals surface area contributed by atoms with Gasteiger partial charge < -0.3 is 14.6 Å². The molecule has 1 aromatic heterocycles. The number of aromatic amines is 1. The lowest BCUT2D eigenvalue weighted by molar-refractivity contribution is 0.0493. The Morgan fingerprint density at radius 2 is 1.97 bits per heavy atom. The van der Waals surface area contributed by atoms with Gasteiger partial charge in [0.25, 0.3) is 5.91 Å². The van der Waals surface area contributed by atoms with E-state index in [1.165, 1.54) is 5.56 Å². The number of hydrogen-bond acceptors (Lipinski definition) is 4. The van der Waals surface area contributed by atoms with Gasteiger partial charge in [-0.2, -0.15) is 5.26 Å². The molecule has 2 aromatic carbocycles. The van der Waals surface area contributed by atoms with Crippen molar-refractivity contribution in [2.75, 3.05) is 13.1 Å². The number of rotatable bonds is 7. The molecule has 170 valence electrons. The molecule has 0 aliphatic carbocycles. The Balaban J connectivity index is 1.50. The first-order valence-corrected chi connectivity index (χ1v) is 11.5. The molecular weight excluding hydrogens is 412 g/mol. The summed E-state index contributed by atoms with van der Waals surface area (Å²) in [5.74, 6) is 1.17. The van der Waals surface area contributed by atoms with E-state index in [4.69, 9.17) is 15.0 Å². The average molecular weight is 443 g/mol. The second-order valence-electron chi connectivity index (χ2n) is 8.85. The van der Waals surface area contributed by atoms with E-state index < -0.39 is 0 Å². The van der Waals surface area contributed by atoms with Gasteiger partial charge in [0, 0.05) is 30.1 Å². The Kier molecular flexibility index (Phi) is 6.62. The monoisotopic (exact) mass is 442 g/mol. The first kappa shape index (κ1) is 22.8. The maximum atomic E-state index is 13.2. The number of benzene rings is 2. The Labute approximate surface area is 195 Å². The van der Waals surface area contributed by atoms with Gasteiger partial charge in [0.2, 0.25) is 0 Å². The summed E-state index contributed by atoms with van der Waals surface area (Å²) in [6, 6.07) is 15.6. The SMILES string of the molecule is CCC(C)OCc1[nH]c(C)nc1-c1cc(C(=O)N2CC(c3ccc(C#N)cc3)C2)ccc1C. The zero-order valence-corrected chi connectivity index (χ0v) is 19.7. The zero-order valence-electron chi connectivity index (χ0n) is 19.7. The quantitative estimate of drug-likeness (QED) is 0.551. The van der Waals surface area contributed by atoms with Crippen LogP contribution in [0, 0.1) is 25.2 Å². The Bertz CT molecular complexity index is 1180. The lowest BCUT2D eigenvalue weighted by atomic mass is 9.90. The average Bonchev–Trinajstić information content (AvgIpc) is 3.17. The third-order valence-corrected chi connectivity index (χ3v) is 6.40. The molecule has 6 nitrogen and oxygen atoms in total. The molecule has 3 aromatic rings. The number of carbonyl (C=O) groups excluding carboxylic acids is 1. The summed E-state index contributed by atoms with van der Waals surface area (Å²) in [6.45, 7) is 9.96. The number of nitrogens with zero attached hydrogens (tertiary/aromatic N) is 3. The van der Waals surface area contributed by atoms with Gasteiger partial charge >= 0.3 is 0 Å². The summed E-state index contributed by atoms with van der Waals surface area (Å²) >= 11 is 0. The Hall–Kier alpha value is -3.43. The lowest BCUT2D eigenvalue weighted by Gasteiger charge is -2.39. The van der Waals surface area contributed by atoms with Crippen molar-refractivity contribution in [2.45, 2.75) is 52.7 Å². The fraction of sp³-hybridized carbons (Fsp3) is 0.370. The largest absolute Gasteiger partial charge is 0.372 e. The number of likely N-dealkylation sites (tertiary alicyclic amines) is 1. The maximum Gasteiger partial charge on any atom is 0.253 e. The molecule has 1 amide bonds. The maximum absolute atomic E-state index is 13.2. The third kappa shape index (κ3) is 4.84. The second kappa shape index (κ2) is 9.60. The van der Waals surface area contributed by atoms with Crippen molar-refractivity contribution in [1.29, 1.82) is 5.26 Å². The molecule has 1 atom stereocenters. The van der Waals surface area contributed by atoms with Gasteiger partial charge in [0.05, 0.1) is 35.7 Å². The highest BCUT2D eigenvalue weighted by atomic mass is 16.5. The van der Waals surface area contributed by atoms with Crippen LogP contribution >= 0.6 is 0 Å². The Morgan fingerprint density at radius 1 is 1.24 bits per heavy atom. The van der Waals surface area contributed by atoms with Gasteiger partial charge in [-0.05, 0) is 62.6 Å². The molecule has 6 heteroatoms. The molecule has 1 aliphatic heterocycles. The third-order valence-electron chi connectivity index (χ3n) is 6.40. The highest BCUT2D eigenvalue weighted by Crippen LogP contribution is 2.31. The highest BCUT2D eigenvalue weighted by molar-refractivity contribution is 5.96. The van der Waals surface area contributed by atoms with E-state index in [-0.39, 0.29) is 12.0 Å². The van der Waals surface area contributed by atoms with Crippen LogP contribution < -0.4 is 0 Å². The van der Waals surface area contributed by atoms with Crippen molar-refractivity contribution in [1.82, 2.24) is 14.9 Å². The minimum atomic E-state index is 0.0332. The fourth-order valence-corrected chi connectivity index (χ4v) is 4.09. The standard InChI is InChI=1S/C27H30N4O2/c1-5-18(3)33-16-25-26(30-19(4)29-25)24-12-22(9-6-17(24)2)27(32)31-14-23(15-31)21-10-7-20(13-28)8-11-21/h6-12,18,23H,5,14-16H2,1-4H3,(H,29,30). The van der Waals surface area contributed by atoms with E-state index in [0.717, 1.165) is 34.8 Å². The van der Waals surface area contributed by atoms with Gasteiger partial charge in [-0.15, -0.1) is 0 Å². The van der Waals surface area contributed by atoms with Crippen molar-refractivity contribution in [3.05, 3.63) is 76.2 Å². The van der Waals surface area contributed by atoms with Gasteiger partial charge in [0.1, 0.15) is 5.82 Å². The second-order valence-corrected chi connectivity index (χ2v) is 8.85. The summed E-state index contributed by atoms with van der Waals surface area (Å²) in [4.78, 5) is 23.1. The number of hydrogen-bond donors (Lipinski definition) is 1. The molecule has 1 unspecified atom stereocenters. The minimum Gasteiger partial charge on any atom is -0.372 e. The summed E-state index contributed by atoms with van der Waals surface area (Å²) < 4.78 is 5.94. The smallest absolute Gasteiger partial charge is 0.253 e. The number of ether oxygens (including phenoxy) is 1. The molecule has 1 saturated heterocycles. The summed E-state index contributed by atoms with van der Waals surface area (Å²) in [5.41, 5.74) is 6.30. The van der Waals surface area contributed by atoms with Crippen LogP contribution in [-0.2, 0) is 11.3 Å². The Morgan fingerprint density at radius 3 is 2.64 bits per heavy atom. The van der Waals surface area contributed by atoms with E-state index in [0.29, 0.717) is 36.7 Å². The van der Waals surface area contributed by atoms with Gasteiger partial charge in [-0.3, -0.25) is 4.79 Å². The van der Waals surface area contributed by atoms with Crippen LogP contribution in [0.15, 0.2) is 42.5 Å². The number of carbonyl (C=O) groups is 1. The topological polar surface area (TPSA) is 82.0 Å². The molecule has 4 rings (SSSR count). The summed E-state index contributed by atoms with van der Waals surface area (Å²) in [7, 11) is 0. The first-order valence-electron chi connectivity index (χ1n) is 11.5. The number of amides is 1. The molecule has 0 radical (unpaired) electrons. The van der Waals surface area contributed by atoms with Crippen LogP contribution in [0.5, 0.6) is 0 Å². The minimum absolute atomic E-state index is 0.0332. The van der Waals surface area contributed by atoms with Crippen molar-refractivity contribution < 1.29 is 9.53 Å². The fourth-order valence-electron chi connectivity index (χ4n) is 4.09.